The van der Waals surface area contributed by atoms with Crippen molar-refractivity contribution >= 4 is 8.32 Å². The van der Waals surface area contributed by atoms with E-state index in [2.05, 4.69) is 68.4 Å². The molecular weight excluding hydrogens is 440 g/mol. The Bertz CT molecular complexity index is 660. The second-order valence-electron chi connectivity index (χ2n) is 13.6. The molecule has 0 radical (unpaired) electrons. The summed E-state index contributed by atoms with van der Waals surface area (Å²) in [6.45, 7) is 24.4. The Morgan fingerprint density at radius 1 is 0.853 bits per heavy atom. The van der Waals surface area contributed by atoms with Gasteiger partial charge < -0.3 is 19.4 Å². The Labute approximate surface area is 212 Å². The summed E-state index contributed by atoms with van der Waals surface area (Å²) in [7, 11) is -2.14. The van der Waals surface area contributed by atoms with Crippen molar-refractivity contribution in [3.63, 3.8) is 0 Å². The highest BCUT2D eigenvalue weighted by molar-refractivity contribution is 6.77. The third kappa shape index (κ3) is 6.97. The minimum absolute atomic E-state index is 0.0922. The van der Waals surface area contributed by atoms with Crippen LogP contribution in [-0.4, -0.2) is 47.5 Å². The monoisotopic (exact) mass is 496 g/mol. The van der Waals surface area contributed by atoms with Gasteiger partial charge in [-0.3, -0.25) is 0 Å². The van der Waals surface area contributed by atoms with E-state index in [1.165, 1.54) is 0 Å². The summed E-state index contributed by atoms with van der Waals surface area (Å²) in [6.07, 6.45) is 8.64. The van der Waals surface area contributed by atoms with Crippen LogP contribution < -0.4 is 0 Å². The second kappa shape index (κ2) is 11.0. The maximum Gasteiger partial charge on any atom is 0.200 e. The fourth-order valence-electron chi connectivity index (χ4n) is 6.95. The predicted molar refractivity (Wildman–Crippen MR) is 146 cm³/mol. The molecule has 0 spiro atoms. The van der Waals surface area contributed by atoms with E-state index in [9.17, 15) is 10.2 Å². The van der Waals surface area contributed by atoms with E-state index in [1.807, 2.05) is 19.9 Å². The van der Waals surface area contributed by atoms with Gasteiger partial charge in [0.1, 0.15) is 0 Å². The molecule has 0 unspecified atom stereocenters. The average Bonchev–Trinajstić information content (AvgIpc) is 3.06. The summed E-state index contributed by atoms with van der Waals surface area (Å²) in [5, 5.41) is 22.9. The molecule has 0 aromatic heterocycles. The van der Waals surface area contributed by atoms with Crippen molar-refractivity contribution in [2.24, 2.45) is 11.8 Å². The average molecular weight is 497 g/mol. The molecule has 2 aliphatic rings. The Balaban J connectivity index is 2.50. The van der Waals surface area contributed by atoms with Crippen molar-refractivity contribution in [3.8, 4) is 0 Å². The summed E-state index contributed by atoms with van der Waals surface area (Å²) in [6, 6.07) is 0. The molecule has 34 heavy (non-hydrogen) atoms. The van der Waals surface area contributed by atoms with E-state index in [0.717, 1.165) is 25.7 Å². The van der Waals surface area contributed by atoms with E-state index in [-0.39, 0.29) is 17.8 Å². The molecule has 0 amide bonds. The second-order valence-corrected chi connectivity index (χ2v) is 19.0. The zero-order chi connectivity index (χ0) is 26.1. The summed E-state index contributed by atoms with van der Waals surface area (Å²) in [4.78, 5) is 0. The molecule has 5 heteroatoms. The lowest BCUT2D eigenvalue weighted by Gasteiger charge is -2.46. The summed E-state index contributed by atoms with van der Waals surface area (Å²) >= 11 is 0. The molecule has 2 bridgehead atoms. The molecule has 1 saturated heterocycles. The zero-order valence-electron chi connectivity index (χ0n) is 24.1. The van der Waals surface area contributed by atoms with Crippen molar-refractivity contribution in [1.29, 1.82) is 0 Å². The van der Waals surface area contributed by atoms with Crippen LogP contribution in [0.25, 0.3) is 0 Å². The number of allylic oxidation sites excluding steroid dienone is 1. The molecule has 2 heterocycles. The SMILES string of the molecule is CC(C)[C@H]1/C=C/[C@@](C)(O)C[C@@H](O[Si](C(C)C)(C(C)C)C(C)C)C[C@]2(C)CC[C@H](O2)[C@@](C)(O)CC1. The maximum absolute atomic E-state index is 11.5. The molecule has 0 aliphatic carbocycles. The minimum Gasteiger partial charge on any atom is -0.413 e. The molecule has 2 aliphatic heterocycles. The molecule has 200 valence electrons. The fourth-order valence-corrected chi connectivity index (χ4v) is 12.5. The first-order valence-corrected chi connectivity index (χ1v) is 16.1. The highest BCUT2D eigenvalue weighted by Gasteiger charge is 2.50. The van der Waals surface area contributed by atoms with Crippen LogP contribution >= 0.6 is 0 Å². The van der Waals surface area contributed by atoms with Crippen LogP contribution in [0.15, 0.2) is 12.2 Å². The van der Waals surface area contributed by atoms with Crippen molar-refractivity contribution in [2.75, 3.05) is 0 Å². The number of aliphatic hydroxyl groups is 2. The van der Waals surface area contributed by atoms with E-state index in [1.54, 1.807) is 0 Å². The van der Waals surface area contributed by atoms with Crippen molar-refractivity contribution in [2.45, 2.75) is 160 Å². The van der Waals surface area contributed by atoms with Crippen LogP contribution in [-0.2, 0) is 9.16 Å². The van der Waals surface area contributed by atoms with Gasteiger partial charge in [-0.1, -0.05) is 67.5 Å². The van der Waals surface area contributed by atoms with Crippen molar-refractivity contribution < 1.29 is 19.4 Å². The van der Waals surface area contributed by atoms with E-state index in [0.29, 0.717) is 41.3 Å². The summed E-state index contributed by atoms with van der Waals surface area (Å²) < 4.78 is 13.9. The molecule has 4 nitrogen and oxygen atoms in total. The molecule has 2 rings (SSSR count). The van der Waals surface area contributed by atoms with Crippen LogP contribution in [0.3, 0.4) is 0 Å². The number of ether oxygens (including phenoxy) is 1. The Hall–Kier alpha value is -0.203. The van der Waals surface area contributed by atoms with Gasteiger partial charge in [0.15, 0.2) is 0 Å². The van der Waals surface area contributed by atoms with Gasteiger partial charge in [-0.15, -0.1) is 0 Å². The standard InChI is InChI=1S/C29H56O4Si/c1-20(2)24-12-15-27(9,30)18-25(33-34(21(3)4,22(5)6)23(7)8)19-28(10)16-14-26(32-28)29(11,31)17-13-24/h12,15,20-26,30-31H,13-14,16-19H2,1-11H3/b15-12+/t24-,25+,26-,27+,28-,29-/m0/s1. The van der Waals surface area contributed by atoms with E-state index >= 15 is 0 Å². The molecule has 1 fully saturated rings. The van der Waals surface area contributed by atoms with Gasteiger partial charge in [0.25, 0.3) is 0 Å². The Morgan fingerprint density at radius 3 is 1.91 bits per heavy atom. The largest absolute Gasteiger partial charge is 0.413 e. The predicted octanol–water partition coefficient (Wildman–Crippen LogP) is 7.39. The highest BCUT2D eigenvalue weighted by Crippen LogP contribution is 2.47. The van der Waals surface area contributed by atoms with Gasteiger partial charge >= 0.3 is 0 Å². The van der Waals surface area contributed by atoms with E-state index in [4.69, 9.17) is 9.16 Å². The number of rotatable bonds is 6. The van der Waals surface area contributed by atoms with Crippen molar-refractivity contribution in [3.05, 3.63) is 12.2 Å². The quantitative estimate of drug-likeness (QED) is 0.297. The summed E-state index contributed by atoms with van der Waals surface area (Å²) in [5.74, 6) is 0.749. The third-order valence-corrected chi connectivity index (χ3v) is 15.1. The first kappa shape index (κ1) is 30.0. The van der Waals surface area contributed by atoms with Crippen LogP contribution in [0.2, 0.25) is 16.6 Å². The third-order valence-electron chi connectivity index (χ3n) is 8.98. The van der Waals surface area contributed by atoms with Gasteiger partial charge in [0, 0.05) is 12.8 Å². The van der Waals surface area contributed by atoms with Crippen LogP contribution in [0.1, 0.15) is 115 Å². The van der Waals surface area contributed by atoms with Gasteiger partial charge in [0.2, 0.25) is 8.32 Å². The molecule has 6 atom stereocenters. The topological polar surface area (TPSA) is 58.9 Å². The van der Waals surface area contributed by atoms with E-state index < -0.39 is 19.5 Å². The first-order chi connectivity index (χ1) is 15.4. The van der Waals surface area contributed by atoms with Gasteiger partial charge in [-0.2, -0.15) is 0 Å². The lowest BCUT2D eigenvalue weighted by molar-refractivity contribution is -0.138. The maximum atomic E-state index is 11.5. The number of fused-ring (bicyclic) bond motifs is 2. The zero-order valence-corrected chi connectivity index (χ0v) is 25.1. The van der Waals surface area contributed by atoms with Crippen LogP contribution in [0.5, 0.6) is 0 Å². The fraction of sp³-hybridized carbons (Fsp3) is 0.931. The molecule has 0 aromatic rings. The lowest BCUT2D eigenvalue weighted by Crippen LogP contribution is -2.52. The Kier molecular flexibility index (Phi) is 9.75. The molecule has 0 aromatic carbocycles. The first-order valence-electron chi connectivity index (χ1n) is 13.9. The summed E-state index contributed by atoms with van der Waals surface area (Å²) in [5.41, 5.74) is -0.711. The normalized spacial score (nSPS) is 39.4. The van der Waals surface area contributed by atoms with Crippen molar-refractivity contribution in [1.82, 2.24) is 0 Å². The number of hydrogen-bond donors (Lipinski definition) is 2. The molecular formula is C29H56O4Si. The minimum atomic E-state index is -2.14. The molecule has 0 saturated carbocycles. The van der Waals surface area contributed by atoms with Crippen LogP contribution in [0, 0.1) is 11.8 Å². The molecule has 2 N–H and O–H groups in total. The van der Waals surface area contributed by atoms with Crippen LogP contribution in [0.4, 0.5) is 0 Å². The number of hydrogen-bond acceptors (Lipinski definition) is 4. The Morgan fingerprint density at radius 2 is 1.41 bits per heavy atom. The van der Waals surface area contributed by atoms with Gasteiger partial charge in [-0.05, 0) is 74.9 Å². The smallest absolute Gasteiger partial charge is 0.200 e. The highest BCUT2D eigenvalue weighted by atomic mass is 28.4. The van der Waals surface area contributed by atoms with Gasteiger partial charge in [0.05, 0.1) is 29.0 Å². The van der Waals surface area contributed by atoms with Gasteiger partial charge in [-0.25, -0.2) is 0 Å². The lowest BCUT2D eigenvalue weighted by atomic mass is 9.82.